The van der Waals surface area contributed by atoms with Crippen LogP contribution in [0.25, 0.3) is 0 Å². The molecule has 2 rings (SSSR count). The molecule has 2 atom stereocenters. The molecule has 0 radical (unpaired) electrons. The number of carbonyl (C=O) groups is 2. The Kier molecular flexibility index (Phi) is 7.29. The van der Waals surface area contributed by atoms with Crippen molar-refractivity contribution < 1.29 is 33.1 Å². The van der Waals surface area contributed by atoms with Crippen LogP contribution in [0.1, 0.15) is 35.8 Å². The van der Waals surface area contributed by atoms with Crippen molar-refractivity contribution in [1.82, 2.24) is 5.32 Å². The van der Waals surface area contributed by atoms with Crippen LogP contribution in [0.2, 0.25) is 0 Å². The van der Waals surface area contributed by atoms with Crippen LogP contribution in [-0.4, -0.2) is 37.1 Å². The first-order valence-corrected chi connectivity index (χ1v) is 8.85. The molecule has 0 saturated carbocycles. The number of rotatable bonds is 8. The number of nitro groups is 1. The van der Waals surface area contributed by atoms with E-state index in [1.165, 1.54) is 45.4 Å². The van der Waals surface area contributed by atoms with Gasteiger partial charge in [-0.2, -0.15) is 0 Å². The lowest BCUT2D eigenvalue weighted by Crippen LogP contribution is -2.37. The van der Waals surface area contributed by atoms with Crippen LogP contribution in [0.4, 0.5) is 10.1 Å². The minimum absolute atomic E-state index is 0.0691. The standard InChI is InChI=1S/C20H21FN2O7/c1-11(13-5-7-14(21)8-6-13)22-19(24)12(2)30-20(25)15-9-17(28-3)18(29-4)10-16(15)23(26)27/h5-12H,1-4H3,(H,22,24)/t11-,12+/m0/s1. The highest BCUT2D eigenvalue weighted by atomic mass is 19.1. The Balaban J connectivity index is 2.15. The second kappa shape index (κ2) is 9.68. The highest BCUT2D eigenvalue weighted by Gasteiger charge is 2.28. The molecular formula is C20H21FN2O7. The maximum atomic E-state index is 13.0. The van der Waals surface area contributed by atoms with Gasteiger partial charge in [0, 0.05) is 6.07 Å². The summed E-state index contributed by atoms with van der Waals surface area (Å²) < 4.78 is 28.2. The summed E-state index contributed by atoms with van der Waals surface area (Å²) in [6.07, 6.45) is -1.24. The Morgan fingerprint density at radius 3 is 2.17 bits per heavy atom. The minimum atomic E-state index is -1.24. The van der Waals surface area contributed by atoms with Gasteiger partial charge in [0.2, 0.25) is 0 Å². The first-order chi connectivity index (χ1) is 14.2. The van der Waals surface area contributed by atoms with Crippen LogP contribution in [0.5, 0.6) is 11.5 Å². The number of ether oxygens (including phenoxy) is 3. The average molecular weight is 420 g/mol. The van der Waals surface area contributed by atoms with E-state index in [2.05, 4.69) is 5.32 Å². The van der Waals surface area contributed by atoms with Gasteiger partial charge in [0.05, 0.1) is 31.3 Å². The van der Waals surface area contributed by atoms with E-state index in [9.17, 15) is 24.1 Å². The number of nitrogens with one attached hydrogen (secondary N) is 1. The second-order valence-corrected chi connectivity index (χ2v) is 6.31. The van der Waals surface area contributed by atoms with Gasteiger partial charge in [0.1, 0.15) is 11.4 Å². The lowest BCUT2D eigenvalue weighted by atomic mass is 10.1. The molecule has 0 bridgehead atoms. The molecule has 0 spiro atoms. The van der Waals surface area contributed by atoms with E-state index in [4.69, 9.17) is 14.2 Å². The molecule has 1 amide bonds. The Hall–Kier alpha value is -3.69. The molecule has 160 valence electrons. The van der Waals surface area contributed by atoms with Crippen LogP contribution in [0, 0.1) is 15.9 Å². The monoisotopic (exact) mass is 420 g/mol. The van der Waals surface area contributed by atoms with Crippen LogP contribution in [-0.2, 0) is 9.53 Å². The smallest absolute Gasteiger partial charge is 0.346 e. The maximum absolute atomic E-state index is 13.0. The van der Waals surface area contributed by atoms with Crippen LogP contribution < -0.4 is 14.8 Å². The number of amides is 1. The highest BCUT2D eigenvalue weighted by Crippen LogP contribution is 2.35. The first kappa shape index (κ1) is 22.6. The molecule has 0 aromatic heterocycles. The number of methoxy groups -OCH3 is 2. The van der Waals surface area contributed by atoms with Gasteiger partial charge in [0.25, 0.3) is 11.6 Å². The summed E-state index contributed by atoms with van der Waals surface area (Å²) in [4.78, 5) is 35.4. The van der Waals surface area contributed by atoms with Crippen molar-refractivity contribution in [1.29, 1.82) is 0 Å². The van der Waals surface area contributed by atoms with E-state index in [-0.39, 0.29) is 17.1 Å². The van der Waals surface area contributed by atoms with E-state index in [1.54, 1.807) is 6.92 Å². The zero-order valence-corrected chi connectivity index (χ0v) is 16.8. The third-order valence-electron chi connectivity index (χ3n) is 4.30. The quantitative estimate of drug-likeness (QED) is 0.396. The van der Waals surface area contributed by atoms with Crippen LogP contribution >= 0.6 is 0 Å². The zero-order valence-electron chi connectivity index (χ0n) is 16.8. The van der Waals surface area contributed by atoms with E-state index in [0.717, 1.165) is 12.1 Å². The second-order valence-electron chi connectivity index (χ2n) is 6.31. The summed E-state index contributed by atoms with van der Waals surface area (Å²) in [6, 6.07) is 7.24. The summed E-state index contributed by atoms with van der Waals surface area (Å²) in [7, 11) is 2.61. The van der Waals surface area contributed by atoms with Crippen molar-refractivity contribution in [2.75, 3.05) is 14.2 Å². The number of esters is 1. The average Bonchev–Trinajstić information content (AvgIpc) is 2.72. The number of hydrogen-bond acceptors (Lipinski definition) is 7. The van der Waals surface area contributed by atoms with Gasteiger partial charge < -0.3 is 19.5 Å². The molecule has 9 nitrogen and oxygen atoms in total. The third-order valence-corrected chi connectivity index (χ3v) is 4.30. The minimum Gasteiger partial charge on any atom is -0.493 e. The Labute approximate surface area is 171 Å². The molecule has 10 heteroatoms. The molecule has 0 aliphatic rings. The number of hydrogen-bond donors (Lipinski definition) is 1. The molecular weight excluding hydrogens is 399 g/mol. The number of nitro benzene ring substituents is 1. The molecule has 0 aliphatic heterocycles. The Morgan fingerprint density at radius 2 is 1.63 bits per heavy atom. The van der Waals surface area contributed by atoms with Gasteiger partial charge in [-0.3, -0.25) is 14.9 Å². The molecule has 0 unspecified atom stereocenters. The van der Waals surface area contributed by atoms with Crippen molar-refractivity contribution >= 4 is 17.6 Å². The van der Waals surface area contributed by atoms with Crippen molar-refractivity contribution in [2.45, 2.75) is 26.0 Å². The molecule has 30 heavy (non-hydrogen) atoms. The third kappa shape index (κ3) is 5.22. The highest BCUT2D eigenvalue weighted by molar-refractivity contribution is 5.96. The molecule has 2 aromatic carbocycles. The predicted molar refractivity (Wildman–Crippen MR) is 104 cm³/mol. The van der Waals surface area contributed by atoms with Crippen molar-refractivity contribution in [3.05, 3.63) is 63.5 Å². The first-order valence-electron chi connectivity index (χ1n) is 8.85. The van der Waals surface area contributed by atoms with E-state index < -0.39 is 40.5 Å². The Bertz CT molecular complexity index is 947. The van der Waals surface area contributed by atoms with Gasteiger partial charge in [-0.25, -0.2) is 9.18 Å². The number of benzene rings is 2. The fourth-order valence-corrected chi connectivity index (χ4v) is 2.63. The lowest BCUT2D eigenvalue weighted by Gasteiger charge is -2.18. The SMILES string of the molecule is COc1cc(C(=O)O[C@H](C)C(=O)N[C@@H](C)c2ccc(F)cc2)c([N+](=O)[O-])cc1OC. The van der Waals surface area contributed by atoms with Gasteiger partial charge in [-0.15, -0.1) is 0 Å². The molecule has 1 N–H and O–H groups in total. The van der Waals surface area contributed by atoms with Crippen molar-refractivity contribution in [3.8, 4) is 11.5 Å². The number of halogens is 1. The van der Waals surface area contributed by atoms with E-state index in [0.29, 0.717) is 5.56 Å². The van der Waals surface area contributed by atoms with E-state index >= 15 is 0 Å². The van der Waals surface area contributed by atoms with Crippen LogP contribution in [0.15, 0.2) is 36.4 Å². The zero-order chi connectivity index (χ0) is 22.4. The number of nitrogens with zero attached hydrogens (tertiary/aromatic N) is 1. The summed E-state index contributed by atoms with van der Waals surface area (Å²) in [5.74, 6) is -1.93. The molecule has 0 saturated heterocycles. The maximum Gasteiger partial charge on any atom is 0.346 e. The van der Waals surface area contributed by atoms with Gasteiger partial charge >= 0.3 is 5.97 Å². The fourth-order valence-electron chi connectivity index (χ4n) is 2.63. The molecule has 0 aliphatic carbocycles. The van der Waals surface area contributed by atoms with Gasteiger partial charge in [-0.05, 0) is 31.5 Å². The van der Waals surface area contributed by atoms with Crippen molar-refractivity contribution in [2.24, 2.45) is 0 Å². The summed E-state index contributed by atoms with van der Waals surface area (Å²) in [5.41, 5.74) is -0.285. The largest absolute Gasteiger partial charge is 0.493 e. The Morgan fingerprint density at radius 1 is 1.07 bits per heavy atom. The normalized spacial score (nSPS) is 12.4. The van der Waals surface area contributed by atoms with Gasteiger partial charge in [-0.1, -0.05) is 12.1 Å². The molecule has 0 heterocycles. The van der Waals surface area contributed by atoms with E-state index in [1.807, 2.05) is 0 Å². The van der Waals surface area contributed by atoms with Crippen LogP contribution in [0.3, 0.4) is 0 Å². The summed E-state index contributed by atoms with van der Waals surface area (Å²) in [5, 5.41) is 14.0. The fraction of sp³-hybridized carbons (Fsp3) is 0.300. The molecule has 2 aromatic rings. The molecule has 0 fully saturated rings. The topological polar surface area (TPSA) is 117 Å². The van der Waals surface area contributed by atoms with Gasteiger partial charge in [0.15, 0.2) is 17.6 Å². The van der Waals surface area contributed by atoms with Crippen molar-refractivity contribution in [3.63, 3.8) is 0 Å². The summed E-state index contributed by atoms with van der Waals surface area (Å²) in [6.45, 7) is 3.01. The lowest BCUT2D eigenvalue weighted by molar-refractivity contribution is -0.385. The summed E-state index contributed by atoms with van der Waals surface area (Å²) >= 11 is 0. The predicted octanol–water partition coefficient (Wildman–Crippen LogP) is 3.17. The number of carbonyl (C=O) groups excluding carboxylic acids is 2.